The average Bonchev–Trinajstić information content (AvgIpc) is 3.03. The first-order chi connectivity index (χ1) is 14.0. The van der Waals surface area contributed by atoms with Crippen LogP contribution in [0.3, 0.4) is 0 Å². The first-order valence-corrected chi connectivity index (χ1v) is 9.75. The van der Waals surface area contributed by atoms with Crippen LogP contribution in [0.15, 0.2) is 52.7 Å². The molecule has 1 aromatic heterocycles. The Morgan fingerprint density at radius 1 is 1.38 bits per heavy atom. The molecule has 0 spiro atoms. The standard InChI is InChI=1S/C19H19N5O4S/c1-3-28-17-9-8-13(10-16(17)24(26)27)11-20-22-18(25)12-29-19-21-14-6-4-5-7-15(14)23(19)2/h4-11H,3,12H2,1-2H3,(H,22,25)/b20-11-. The number of hydrogen-bond acceptors (Lipinski definition) is 7. The van der Waals surface area contributed by atoms with Crippen molar-refractivity contribution in [1.82, 2.24) is 15.0 Å². The van der Waals surface area contributed by atoms with Crippen molar-refractivity contribution in [2.24, 2.45) is 12.1 Å². The van der Waals surface area contributed by atoms with Crippen LogP contribution in [0.5, 0.6) is 5.75 Å². The van der Waals surface area contributed by atoms with E-state index >= 15 is 0 Å². The Morgan fingerprint density at radius 2 is 2.17 bits per heavy atom. The number of benzene rings is 2. The third-order valence-electron chi connectivity index (χ3n) is 3.96. The number of ether oxygens (including phenoxy) is 1. The van der Waals surface area contributed by atoms with Crippen molar-refractivity contribution in [3.05, 3.63) is 58.1 Å². The molecule has 0 radical (unpaired) electrons. The lowest BCUT2D eigenvalue weighted by Gasteiger charge is -2.04. The van der Waals surface area contributed by atoms with Gasteiger partial charge in [0, 0.05) is 18.7 Å². The molecule has 9 nitrogen and oxygen atoms in total. The van der Waals surface area contributed by atoms with Crippen molar-refractivity contribution < 1.29 is 14.5 Å². The Morgan fingerprint density at radius 3 is 2.90 bits per heavy atom. The summed E-state index contributed by atoms with van der Waals surface area (Å²) in [6, 6.07) is 12.2. The molecule has 1 N–H and O–H groups in total. The summed E-state index contributed by atoms with van der Waals surface area (Å²) in [5, 5.41) is 15.7. The molecule has 1 heterocycles. The molecule has 0 saturated heterocycles. The molecule has 0 saturated carbocycles. The quantitative estimate of drug-likeness (QED) is 0.263. The van der Waals surface area contributed by atoms with E-state index in [2.05, 4.69) is 15.5 Å². The minimum atomic E-state index is -0.519. The van der Waals surface area contributed by atoms with Crippen LogP contribution in [-0.4, -0.2) is 39.0 Å². The van der Waals surface area contributed by atoms with Gasteiger partial charge in [0.05, 0.1) is 34.5 Å². The van der Waals surface area contributed by atoms with Gasteiger partial charge in [-0.3, -0.25) is 14.9 Å². The molecule has 150 valence electrons. The van der Waals surface area contributed by atoms with E-state index in [1.165, 1.54) is 30.1 Å². The van der Waals surface area contributed by atoms with Crippen LogP contribution in [0.25, 0.3) is 11.0 Å². The third-order valence-corrected chi connectivity index (χ3v) is 4.99. The van der Waals surface area contributed by atoms with Gasteiger partial charge in [-0.25, -0.2) is 10.4 Å². The van der Waals surface area contributed by atoms with Gasteiger partial charge >= 0.3 is 5.69 Å². The van der Waals surface area contributed by atoms with Crippen LogP contribution in [-0.2, 0) is 11.8 Å². The van der Waals surface area contributed by atoms with Crippen LogP contribution in [0, 0.1) is 10.1 Å². The number of hydrogen-bond donors (Lipinski definition) is 1. The van der Waals surface area contributed by atoms with Crippen molar-refractivity contribution in [2.75, 3.05) is 12.4 Å². The fraction of sp³-hybridized carbons (Fsp3) is 0.211. The fourth-order valence-corrected chi connectivity index (χ4v) is 3.41. The highest BCUT2D eigenvalue weighted by atomic mass is 32.2. The molecule has 0 aliphatic rings. The topological polar surface area (TPSA) is 112 Å². The van der Waals surface area contributed by atoms with E-state index in [9.17, 15) is 14.9 Å². The van der Waals surface area contributed by atoms with Gasteiger partial charge < -0.3 is 9.30 Å². The molecule has 0 unspecified atom stereocenters. The maximum Gasteiger partial charge on any atom is 0.311 e. The second-order valence-corrected chi connectivity index (χ2v) is 6.88. The predicted octanol–water partition coefficient (Wildman–Crippen LogP) is 3.12. The largest absolute Gasteiger partial charge is 0.487 e. The summed E-state index contributed by atoms with van der Waals surface area (Å²) >= 11 is 1.30. The second-order valence-electron chi connectivity index (χ2n) is 5.94. The molecule has 2 aromatic carbocycles. The molecule has 0 fully saturated rings. The number of fused-ring (bicyclic) bond motifs is 1. The number of nitro groups is 1. The highest BCUT2D eigenvalue weighted by Gasteiger charge is 2.15. The molecule has 0 bridgehead atoms. The first-order valence-electron chi connectivity index (χ1n) is 8.77. The Balaban J connectivity index is 1.58. The van der Waals surface area contributed by atoms with Crippen LogP contribution < -0.4 is 10.2 Å². The molecule has 0 aliphatic carbocycles. The van der Waals surface area contributed by atoms with E-state index in [1.807, 2.05) is 35.9 Å². The number of aromatic nitrogens is 2. The van der Waals surface area contributed by atoms with Crippen LogP contribution >= 0.6 is 11.8 Å². The van der Waals surface area contributed by atoms with Gasteiger partial charge in [0.1, 0.15) is 0 Å². The van der Waals surface area contributed by atoms with E-state index in [1.54, 1.807) is 13.0 Å². The van der Waals surface area contributed by atoms with Gasteiger partial charge in [-0.05, 0) is 31.2 Å². The molecule has 1 amide bonds. The summed E-state index contributed by atoms with van der Waals surface area (Å²) in [6.07, 6.45) is 1.35. The molecule has 10 heteroatoms. The molecule has 3 rings (SSSR count). The van der Waals surface area contributed by atoms with E-state index < -0.39 is 4.92 Å². The number of para-hydroxylation sites is 2. The number of imidazole rings is 1. The first kappa shape index (κ1) is 20.3. The smallest absolute Gasteiger partial charge is 0.311 e. The van der Waals surface area contributed by atoms with Crippen LogP contribution in [0.2, 0.25) is 0 Å². The van der Waals surface area contributed by atoms with Gasteiger partial charge in [0.25, 0.3) is 5.91 Å². The summed E-state index contributed by atoms with van der Waals surface area (Å²) in [5.41, 5.74) is 4.60. The summed E-state index contributed by atoms with van der Waals surface area (Å²) < 4.78 is 7.16. The van der Waals surface area contributed by atoms with E-state index in [0.717, 1.165) is 16.2 Å². The third kappa shape index (κ3) is 4.91. The number of amides is 1. The Hall–Kier alpha value is -3.40. The molecular weight excluding hydrogens is 394 g/mol. The van der Waals surface area contributed by atoms with E-state index in [-0.39, 0.29) is 23.1 Å². The zero-order valence-corrected chi connectivity index (χ0v) is 16.7. The van der Waals surface area contributed by atoms with Crippen molar-refractivity contribution >= 4 is 40.6 Å². The molecule has 0 atom stereocenters. The molecular formula is C19H19N5O4S. The predicted molar refractivity (Wildman–Crippen MR) is 111 cm³/mol. The maximum atomic E-state index is 12.0. The molecule has 0 aliphatic heterocycles. The number of carbonyl (C=O) groups excluding carboxylic acids is 1. The normalized spacial score (nSPS) is 11.1. The van der Waals surface area contributed by atoms with Crippen LogP contribution in [0.1, 0.15) is 12.5 Å². The minimum absolute atomic E-state index is 0.137. The maximum absolute atomic E-state index is 12.0. The summed E-state index contributed by atoms with van der Waals surface area (Å²) in [4.78, 5) is 27.2. The Bertz CT molecular complexity index is 1080. The second kappa shape index (κ2) is 9.20. The summed E-state index contributed by atoms with van der Waals surface area (Å²) in [7, 11) is 1.90. The summed E-state index contributed by atoms with van der Waals surface area (Å²) in [6.45, 7) is 2.08. The summed E-state index contributed by atoms with van der Waals surface area (Å²) in [5.74, 6) is 0.0223. The number of nitrogens with zero attached hydrogens (tertiary/aromatic N) is 4. The van der Waals surface area contributed by atoms with Crippen molar-refractivity contribution in [3.8, 4) is 5.75 Å². The van der Waals surface area contributed by atoms with Gasteiger partial charge in [0.15, 0.2) is 10.9 Å². The number of thioether (sulfide) groups is 1. The number of nitro benzene ring substituents is 1. The fourth-order valence-electron chi connectivity index (χ4n) is 2.63. The number of carbonyl (C=O) groups is 1. The number of rotatable bonds is 8. The zero-order chi connectivity index (χ0) is 20.8. The van der Waals surface area contributed by atoms with E-state index in [0.29, 0.717) is 12.2 Å². The van der Waals surface area contributed by atoms with Gasteiger partial charge in [0.2, 0.25) is 0 Å². The monoisotopic (exact) mass is 413 g/mol. The lowest BCUT2D eigenvalue weighted by Crippen LogP contribution is -2.19. The average molecular weight is 413 g/mol. The van der Waals surface area contributed by atoms with E-state index in [4.69, 9.17) is 4.74 Å². The van der Waals surface area contributed by atoms with Crippen LogP contribution in [0.4, 0.5) is 5.69 Å². The Kier molecular flexibility index (Phi) is 6.45. The number of aryl methyl sites for hydroxylation is 1. The van der Waals surface area contributed by atoms with Crippen molar-refractivity contribution in [3.63, 3.8) is 0 Å². The van der Waals surface area contributed by atoms with Crippen molar-refractivity contribution in [1.29, 1.82) is 0 Å². The van der Waals surface area contributed by atoms with Gasteiger partial charge in [-0.15, -0.1) is 0 Å². The highest BCUT2D eigenvalue weighted by molar-refractivity contribution is 7.99. The number of nitrogens with one attached hydrogen (secondary N) is 1. The zero-order valence-electron chi connectivity index (χ0n) is 15.9. The van der Waals surface area contributed by atoms with Gasteiger partial charge in [-0.1, -0.05) is 23.9 Å². The SMILES string of the molecule is CCOc1ccc(/C=N\NC(=O)CSc2nc3ccccc3n2C)cc1[N+](=O)[O-]. The lowest BCUT2D eigenvalue weighted by molar-refractivity contribution is -0.385. The lowest BCUT2D eigenvalue weighted by atomic mass is 10.2. The number of hydrazone groups is 1. The Labute approximate surface area is 170 Å². The highest BCUT2D eigenvalue weighted by Crippen LogP contribution is 2.27. The minimum Gasteiger partial charge on any atom is -0.487 e. The van der Waals surface area contributed by atoms with Gasteiger partial charge in [-0.2, -0.15) is 5.10 Å². The molecule has 3 aromatic rings. The van der Waals surface area contributed by atoms with Crippen molar-refractivity contribution in [2.45, 2.75) is 12.1 Å². The molecule has 29 heavy (non-hydrogen) atoms.